The molecule has 1 fully saturated rings. The van der Waals surface area contributed by atoms with Gasteiger partial charge in [-0.1, -0.05) is 26.2 Å². The minimum absolute atomic E-state index is 0.709. The lowest BCUT2D eigenvalue weighted by Crippen LogP contribution is -2.33. The van der Waals surface area contributed by atoms with E-state index in [0.29, 0.717) is 6.04 Å². The zero-order valence-corrected chi connectivity index (χ0v) is 10.9. The van der Waals surface area contributed by atoms with Crippen LogP contribution in [0.4, 0.5) is 5.69 Å². The number of nitrogens with two attached hydrogens (primary N) is 1. The van der Waals surface area contributed by atoms with Gasteiger partial charge in [0.15, 0.2) is 0 Å². The van der Waals surface area contributed by atoms with Gasteiger partial charge in [0.25, 0.3) is 0 Å². The lowest BCUT2D eigenvalue weighted by atomic mass is 9.84. The molecule has 16 heavy (non-hydrogen) atoms. The molecule has 0 spiro atoms. The average molecular weight is 238 g/mol. The van der Waals surface area contributed by atoms with Crippen LogP contribution in [0.2, 0.25) is 0 Å². The van der Waals surface area contributed by atoms with Crippen molar-refractivity contribution in [2.24, 2.45) is 5.92 Å². The van der Waals surface area contributed by atoms with Crippen molar-refractivity contribution in [3.63, 3.8) is 0 Å². The summed E-state index contributed by atoms with van der Waals surface area (Å²) >= 11 is 1.76. The van der Waals surface area contributed by atoms with Gasteiger partial charge in [0.1, 0.15) is 0 Å². The molecule has 1 heterocycles. The highest BCUT2D eigenvalue weighted by atomic mass is 32.1. The molecule has 1 aliphatic rings. The summed E-state index contributed by atoms with van der Waals surface area (Å²) in [7, 11) is 0. The summed E-state index contributed by atoms with van der Waals surface area (Å²) in [6.45, 7) is 3.26. The zero-order valence-electron chi connectivity index (χ0n) is 10.0. The summed E-state index contributed by atoms with van der Waals surface area (Å²) in [4.78, 5) is 1.29. The molecule has 3 N–H and O–H groups in total. The van der Waals surface area contributed by atoms with Gasteiger partial charge in [-0.05, 0) is 30.2 Å². The first-order chi connectivity index (χ1) is 7.79. The molecular formula is C13H22N2S. The van der Waals surface area contributed by atoms with Gasteiger partial charge in [0, 0.05) is 23.2 Å². The average Bonchev–Trinajstić information content (AvgIpc) is 2.72. The largest absolute Gasteiger partial charge is 0.398 e. The molecule has 1 saturated carbocycles. The molecule has 2 unspecified atom stereocenters. The molecule has 1 aromatic rings. The number of hydrogen-bond donors (Lipinski definition) is 2. The van der Waals surface area contributed by atoms with E-state index in [2.05, 4.69) is 17.6 Å². The third-order valence-corrected chi connectivity index (χ3v) is 4.63. The fourth-order valence-electron chi connectivity index (χ4n) is 2.58. The van der Waals surface area contributed by atoms with Crippen molar-refractivity contribution < 1.29 is 0 Å². The van der Waals surface area contributed by atoms with Crippen LogP contribution in [0.1, 0.15) is 43.9 Å². The van der Waals surface area contributed by atoms with Crippen LogP contribution in [0.25, 0.3) is 0 Å². The topological polar surface area (TPSA) is 38.0 Å². The first-order valence-electron chi connectivity index (χ1n) is 6.34. The molecule has 0 bridgehead atoms. The second-order valence-electron chi connectivity index (χ2n) is 4.82. The number of thiophene rings is 1. The van der Waals surface area contributed by atoms with Gasteiger partial charge >= 0.3 is 0 Å². The maximum Gasteiger partial charge on any atom is 0.0468 e. The predicted octanol–water partition coefficient (Wildman–Crippen LogP) is 3.39. The summed E-state index contributed by atoms with van der Waals surface area (Å²) in [6.07, 6.45) is 6.83. The molecule has 2 atom stereocenters. The standard InChI is InChI=1S/C13H22N2S/c1-2-10-4-3-5-11(8-10)15-9-13-12(14)6-7-16-13/h6-7,10-11,15H,2-5,8-9,14H2,1H3. The smallest absolute Gasteiger partial charge is 0.0468 e. The van der Waals surface area contributed by atoms with Crippen LogP contribution in [0, 0.1) is 5.92 Å². The highest BCUT2D eigenvalue weighted by Crippen LogP contribution is 2.27. The first-order valence-corrected chi connectivity index (χ1v) is 7.22. The molecule has 0 saturated heterocycles. The van der Waals surface area contributed by atoms with Crippen LogP contribution >= 0.6 is 11.3 Å². The van der Waals surface area contributed by atoms with Gasteiger partial charge in [-0.3, -0.25) is 0 Å². The normalized spacial score (nSPS) is 25.8. The molecule has 2 rings (SSSR count). The van der Waals surface area contributed by atoms with Crippen LogP contribution in [0.15, 0.2) is 11.4 Å². The van der Waals surface area contributed by atoms with E-state index in [1.807, 2.05) is 6.07 Å². The van der Waals surface area contributed by atoms with Gasteiger partial charge in [-0.15, -0.1) is 11.3 Å². The summed E-state index contributed by atoms with van der Waals surface area (Å²) in [5.41, 5.74) is 6.82. The minimum Gasteiger partial charge on any atom is -0.398 e. The molecule has 2 nitrogen and oxygen atoms in total. The Balaban J connectivity index is 1.79. The fraction of sp³-hybridized carbons (Fsp3) is 0.692. The van der Waals surface area contributed by atoms with Gasteiger partial charge in [-0.2, -0.15) is 0 Å². The number of rotatable bonds is 4. The lowest BCUT2D eigenvalue weighted by Gasteiger charge is -2.29. The van der Waals surface area contributed by atoms with Gasteiger partial charge in [0.2, 0.25) is 0 Å². The summed E-state index contributed by atoms with van der Waals surface area (Å²) in [6, 6.07) is 2.71. The van der Waals surface area contributed by atoms with Crippen LogP contribution in [-0.4, -0.2) is 6.04 Å². The van der Waals surface area contributed by atoms with E-state index in [1.165, 1.54) is 37.0 Å². The third-order valence-electron chi connectivity index (χ3n) is 3.69. The Kier molecular flexibility index (Phi) is 4.24. The highest BCUT2D eigenvalue weighted by molar-refractivity contribution is 7.10. The third kappa shape index (κ3) is 2.98. The van der Waals surface area contributed by atoms with Crippen LogP contribution in [0.5, 0.6) is 0 Å². The summed E-state index contributed by atoms with van der Waals surface area (Å²) in [5.74, 6) is 0.937. The molecule has 0 aromatic carbocycles. The molecule has 1 aromatic heterocycles. The second kappa shape index (κ2) is 5.69. The van der Waals surface area contributed by atoms with Crippen molar-refractivity contribution in [2.75, 3.05) is 5.73 Å². The summed E-state index contributed by atoms with van der Waals surface area (Å²) < 4.78 is 0. The van der Waals surface area contributed by atoms with Crippen molar-refractivity contribution >= 4 is 17.0 Å². The molecular weight excluding hydrogens is 216 g/mol. The van der Waals surface area contributed by atoms with Crippen LogP contribution in [-0.2, 0) is 6.54 Å². The zero-order chi connectivity index (χ0) is 11.4. The van der Waals surface area contributed by atoms with E-state index in [9.17, 15) is 0 Å². The van der Waals surface area contributed by atoms with Crippen LogP contribution < -0.4 is 11.1 Å². The van der Waals surface area contributed by atoms with Crippen molar-refractivity contribution in [2.45, 2.75) is 51.6 Å². The summed E-state index contributed by atoms with van der Waals surface area (Å²) in [5, 5.41) is 5.73. The predicted molar refractivity (Wildman–Crippen MR) is 71.6 cm³/mol. The molecule has 0 radical (unpaired) electrons. The van der Waals surface area contributed by atoms with Crippen molar-refractivity contribution in [3.05, 3.63) is 16.3 Å². The Morgan fingerprint density at radius 2 is 2.38 bits per heavy atom. The van der Waals surface area contributed by atoms with E-state index < -0.39 is 0 Å². The fourth-order valence-corrected chi connectivity index (χ4v) is 3.33. The maximum absolute atomic E-state index is 5.88. The number of anilines is 1. The van der Waals surface area contributed by atoms with Gasteiger partial charge in [0.05, 0.1) is 0 Å². The lowest BCUT2D eigenvalue weighted by molar-refractivity contribution is 0.279. The number of hydrogen-bond acceptors (Lipinski definition) is 3. The monoisotopic (exact) mass is 238 g/mol. The Bertz CT molecular complexity index is 321. The second-order valence-corrected chi connectivity index (χ2v) is 5.82. The number of nitrogens with one attached hydrogen (secondary N) is 1. The van der Waals surface area contributed by atoms with Gasteiger partial charge < -0.3 is 11.1 Å². The SMILES string of the molecule is CCC1CCCC(NCc2sccc2N)C1. The minimum atomic E-state index is 0.709. The van der Waals surface area contributed by atoms with Crippen molar-refractivity contribution in [1.82, 2.24) is 5.32 Å². The first kappa shape index (κ1) is 11.9. The Morgan fingerprint density at radius 1 is 1.50 bits per heavy atom. The van der Waals surface area contributed by atoms with Crippen molar-refractivity contribution in [1.29, 1.82) is 0 Å². The van der Waals surface area contributed by atoms with Crippen molar-refractivity contribution in [3.8, 4) is 0 Å². The quantitative estimate of drug-likeness (QED) is 0.844. The maximum atomic E-state index is 5.88. The highest BCUT2D eigenvalue weighted by Gasteiger charge is 2.20. The molecule has 1 aliphatic carbocycles. The van der Waals surface area contributed by atoms with E-state index >= 15 is 0 Å². The van der Waals surface area contributed by atoms with E-state index in [4.69, 9.17) is 5.73 Å². The molecule has 0 aliphatic heterocycles. The van der Waals surface area contributed by atoms with Crippen LogP contribution in [0.3, 0.4) is 0 Å². The molecule has 3 heteroatoms. The molecule has 90 valence electrons. The van der Waals surface area contributed by atoms with Gasteiger partial charge in [-0.25, -0.2) is 0 Å². The Morgan fingerprint density at radius 3 is 3.06 bits per heavy atom. The van der Waals surface area contributed by atoms with E-state index in [0.717, 1.165) is 18.2 Å². The van der Waals surface area contributed by atoms with E-state index in [-0.39, 0.29) is 0 Å². The Hall–Kier alpha value is -0.540. The molecule has 0 amide bonds. The number of nitrogen functional groups attached to an aromatic ring is 1. The van der Waals surface area contributed by atoms with E-state index in [1.54, 1.807) is 11.3 Å². The Labute approximate surface area is 102 Å².